The SMILES string of the molecule is C=CCn1c(SCC(=O)[O-])nnc1-c1ccc2c(c1)OCO2. The molecule has 0 saturated carbocycles. The first-order valence-electron chi connectivity index (χ1n) is 6.46. The molecule has 2 aromatic rings. The molecule has 2 heterocycles. The van der Waals surface area contributed by atoms with Crippen LogP contribution in [-0.4, -0.2) is 33.3 Å². The summed E-state index contributed by atoms with van der Waals surface area (Å²) in [6.07, 6.45) is 1.70. The molecule has 3 rings (SSSR count). The summed E-state index contributed by atoms with van der Waals surface area (Å²) in [6.45, 7) is 4.37. The molecule has 0 atom stereocenters. The zero-order chi connectivity index (χ0) is 15.5. The van der Waals surface area contributed by atoms with Gasteiger partial charge in [-0.25, -0.2) is 0 Å². The van der Waals surface area contributed by atoms with Crippen LogP contribution in [0.25, 0.3) is 11.4 Å². The van der Waals surface area contributed by atoms with E-state index in [1.54, 1.807) is 16.7 Å². The fourth-order valence-electron chi connectivity index (χ4n) is 2.06. The van der Waals surface area contributed by atoms with Crippen LogP contribution in [0.15, 0.2) is 36.0 Å². The van der Waals surface area contributed by atoms with Crippen LogP contribution in [-0.2, 0) is 11.3 Å². The highest BCUT2D eigenvalue weighted by Gasteiger charge is 2.18. The third-order valence-corrected chi connectivity index (χ3v) is 3.92. The fraction of sp³-hybridized carbons (Fsp3) is 0.214. The summed E-state index contributed by atoms with van der Waals surface area (Å²) in [5.74, 6) is 0.609. The topological polar surface area (TPSA) is 89.3 Å². The molecular weight excluding hydrogens is 306 g/mol. The van der Waals surface area contributed by atoms with E-state index in [1.807, 2.05) is 12.1 Å². The third kappa shape index (κ3) is 2.77. The monoisotopic (exact) mass is 318 g/mol. The number of thioether (sulfide) groups is 1. The number of carboxylic acid groups (broad SMARTS) is 1. The van der Waals surface area contributed by atoms with Gasteiger partial charge in [0.05, 0.1) is 5.97 Å². The number of carboxylic acids is 1. The van der Waals surface area contributed by atoms with Gasteiger partial charge in [0.1, 0.15) is 0 Å². The van der Waals surface area contributed by atoms with E-state index >= 15 is 0 Å². The Kier molecular flexibility index (Phi) is 4.01. The van der Waals surface area contributed by atoms with Crippen molar-refractivity contribution in [3.8, 4) is 22.9 Å². The molecule has 114 valence electrons. The first-order chi connectivity index (χ1) is 10.7. The molecule has 0 fully saturated rings. The van der Waals surface area contributed by atoms with Gasteiger partial charge in [-0.2, -0.15) is 0 Å². The Bertz CT molecular complexity index is 729. The van der Waals surface area contributed by atoms with Crippen LogP contribution in [0.4, 0.5) is 0 Å². The van der Waals surface area contributed by atoms with Crippen molar-refractivity contribution in [1.29, 1.82) is 0 Å². The van der Waals surface area contributed by atoms with Gasteiger partial charge in [0.25, 0.3) is 0 Å². The zero-order valence-electron chi connectivity index (χ0n) is 11.5. The Morgan fingerprint density at radius 2 is 2.23 bits per heavy atom. The number of carbonyl (C=O) groups excluding carboxylic acids is 1. The molecule has 8 heteroatoms. The van der Waals surface area contributed by atoms with E-state index in [9.17, 15) is 9.90 Å². The van der Waals surface area contributed by atoms with Crippen molar-refractivity contribution < 1.29 is 19.4 Å². The van der Waals surface area contributed by atoms with Crippen molar-refractivity contribution >= 4 is 17.7 Å². The van der Waals surface area contributed by atoms with Gasteiger partial charge >= 0.3 is 0 Å². The molecule has 1 aromatic carbocycles. The molecule has 0 radical (unpaired) electrons. The molecule has 0 aliphatic carbocycles. The summed E-state index contributed by atoms with van der Waals surface area (Å²) in [6, 6.07) is 5.47. The van der Waals surface area contributed by atoms with E-state index in [-0.39, 0.29) is 12.5 Å². The number of fused-ring (bicyclic) bond motifs is 1. The van der Waals surface area contributed by atoms with E-state index in [2.05, 4.69) is 16.8 Å². The molecule has 1 aliphatic heterocycles. The number of benzene rings is 1. The molecule has 7 nitrogen and oxygen atoms in total. The van der Waals surface area contributed by atoms with Crippen LogP contribution in [0.1, 0.15) is 0 Å². The lowest BCUT2D eigenvalue weighted by Gasteiger charge is -2.08. The molecule has 1 aliphatic rings. The summed E-state index contributed by atoms with van der Waals surface area (Å²) in [4.78, 5) is 10.6. The van der Waals surface area contributed by atoms with Crippen molar-refractivity contribution in [2.45, 2.75) is 11.7 Å². The second-order valence-electron chi connectivity index (χ2n) is 4.43. The summed E-state index contributed by atoms with van der Waals surface area (Å²) in [5.41, 5.74) is 0.805. The molecule has 1 aromatic heterocycles. The average Bonchev–Trinajstić information content (AvgIpc) is 3.11. The first kappa shape index (κ1) is 14.5. The summed E-state index contributed by atoms with van der Waals surface area (Å²) >= 11 is 1.06. The second-order valence-corrected chi connectivity index (χ2v) is 5.38. The van der Waals surface area contributed by atoms with Gasteiger partial charge in [-0.05, 0) is 18.2 Å². The maximum absolute atomic E-state index is 10.6. The van der Waals surface area contributed by atoms with Gasteiger partial charge in [-0.1, -0.05) is 17.8 Å². The number of ether oxygens (including phenoxy) is 2. The van der Waals surface area contributed by atoms with E-state index in [4.69, 9.17) is 9.47 Å². The van der Waals surface area contributed by atoms with Crippen LogP contribution in [0.5, 0.6) is 11.5 Å². The van der Waals surface area contributed by atoms with E-state index in [1.165, 1.54) is 0 Å². The van der Waals surface area contributed by atoms with Crippen LogP contribution in [0, 0.1) is 0 Å². The lowest BCUT2D eigenvalue weighted by molar-refractivity contribution is -0.301. The van der Waals surface area contributed by atoms with Gasteiger partial charge in [-0.3, -0.25) is 4.57 Å². The molecule has 0 saturated heterocycles. The van der Waals surface area contributed by atoms with Crippen LogP contribution in [0.3, 0.4) is 0 Å². The number of aliphatic carboxylic acids is 1. The van der Waals surface area contributed by atoms with Crippen molar-refractivity contribution in [1.82, 2.24) is 14.8 Å². The Labute approximate surface area is 130 Å². The normalized spacial score (nSPS) is 12.4. The molecule has 0 amide bonds. The standard InChI is InChI=1S/C14H13N3O4S/c1-2-5-17-13(15-16-14(17)22-7-12(18)19)9-3-4-10-11(6-9)21-8-20-10/h2-4,6H,1,5,7-8H2,(H,18,19)/p-1. The summed E-state index contributed by atoms with van der Waals surface area (Å²) in [5, 5.41) is 19.3. The Morgan fingerprint density at radius 1 is 1.41 bits per heavy atom. The Balaban J connectivity index is 1.95. The van der Waals surface area contributed by atoms with E-state index in [0.29, 0.717) is 29.0 Å². The molecule has 0 unspecified atom stereocenters. The lowest BCUT2D eigenvalue weighted by atomic mass is 10.2. The number of hydrogen-bond donors (Lipinski definition) is 0. The number of carbonyl (C=O) groups is 1. The predicted octanol–water partition coefficient (Wildman–Crippen LogP) is 0.702. The molecule has 0 N–H and O–H groups in total. The first-order valence-corrected chi connectivity index (χ1v) is 7.44. The Morgan fingerprint density at radius 3 is 3.00 bits per heavy atom. The highest BCUT2D eigenvalue weighted by molar-refractivity contribution is 7.99. The fourth-order valence-corrected chi connectivity index (χ4v) is 2.72. The zero-order valence-corrected chi connectivity index (χ0v) is 12.3. The maximum Gasteiger partial charge on any atom is 0.231 e. The predicted molar refractivity (Wildman–Crippen MR) is 77.5 cm³/mol. The smallest absolute Gasteiger partial charge is 0.231 e. The number of rotatable bonds is 6. The second kappa shape index (κ2) is 6.10. The molecule has 0 bridgehead atoms. The molecule has 0 spiro atoms. The van der Waals surface area contributed by atoms with Crippen molar-refractivity contribution in [3.05, 3.63) is 30.9 Å². The maximum atomic E-state index is 10.6. The van der Waals surface area contributed by atoms with Gasteiger partial charge in [-0.15, -0.1) is 16.8 Å². The van der Waals surface area contributed by atoms with Gasteiger partial charge < -0.3 is 19.4 Å². The number of aromatic nitrogens is 3. The molecular formula is C14H12N3O4S-. The number of hydrogen-bond acceptors (Lipinski definition) is 7. The van der Waals surface area contributed by atoms with Gasteiger partial charge in [0, 0.05) is 17.9 Å². The quantitative estimate of drug-likeness (QED) is 0.572. The van der Waals surface area contributed by atoms with E-state index in [0.717, 1.165) is 17.3 Å². The minimum atomic E-state index is -1.15. The van der Waals surface area contributed by atoms with Crippen molar-refractivity contribution in [3.63, 3.8) is 0 Å². The lowest BCUT2D eigenvalue weighted by Crippen LogP contribution is -2.24. The van der Waals surface area contributed by atoms with Crippen molar-refractivity contribution in [2.75, 3.05) is 12.5 Å². The van der Waals surface area contributed by atoms with Crippen LogP contribution < -0.4 is 14.6 Å². The largest absolute Gasteiger partial charge is 0.549 e. The summed E-state index contributed by atoms with van der Waals surface area (Å²) < 4.78 is 12.4. The minimum absolute atomic E-state index is 0.184. The van der Waals surface area contributed by atoms with E-state index < -0.39 is 5.97 Å². The average molecular weight is 318 g/mol. The Hall–Kier alpha value is -2.48. The van der Waals surface area contributed by atoms with Gasteiger partial charge in [0.15, 0.2) is 22.5 Å². The summed E-state index contributed by atoms with van der Waals surface area (Å²) in [7, 11) is 0. The minimum Gasteiger partial charge on any atom is -0.549 e. The van der Waals surface area contributed by atoms with Crippen molar-refractivity contribution in [2.24, 2.45) is 0 Å². The van der Waals surface area contributed by atoms with Crippen LogP contribution >= 0.6 is 11.8 Å². The van der Waals surface area contributed by atoms with Crippen LogP contribution in [0.2, 0.25) is 0 Å². The number of allylic oxidation sites excluding steroid dienone is 1. The highest BCUT2D eigenvalue weighted by atomic mass is 32.2. The highest BCUT2D eigenvalue weighted by Crippen LogP contribution is 2.36. The number of nitrogens with zero attached hydrogens (tertiary/aromatic N) is 3. The van der Waals surface area contributed by atoms with Gasteiger partial charge in [0.2, 0.25) is 6.79 Å². The third-order valence-electron chi connectivity index (χ3n) is 2.98. The molecule has 22 heavy (non-hydrogen) atoms.